The van der Waals surface area contributed by atoms with E-state index in [1.165, 1.54) is 0 Å². The van der Waals surface area contributed by atoms with Crippen LogP contribution >= 0.6 is 0 Å². The molecule has 0 unspecified atom stereocenters. The SMILES string of the molecule is CC[C@@]1(O)C(=O)OCc2c1cc1n(c2=O)Cc2c-1nc1ccccc1c2/C=N/N1CCN(C)CC1. The number of benzene rings is 1. The van der Waals surface area contributed by atoms with Gasteiger partial charge in [-0.1, -0.05) is 25.1 Å². The number of hydrogen-bond donors (Lipinski definition) is 1. The number of para-hydroxylation sites is 1. The molecule has 180 valence electrons. The monoisotopic (exact) mass is 473 g/mol. The first-order valence-electron chi connectivity index (χ1n) is 12.0. The Morgan fingerprint density at radius 1 is 1.17 bits per heavy atom. The summed E-state index contributed by atoms with van der Waals surface area (Å²) in [4.78, 5) is 33.1. The molecule has 0 spiro atoms. The van der Waals surface area contributed by atoms with E-state index in [2.05, 4.69) is 17.0 Å². The molecule has 2 aromatic heterocycles. The van der Waals surface area contributed by atoms with Crippen LogP contribution in [0.1, 0.15) is 35.6 Å². The molecule has 3 aromatic rings. The smallest absolute Gasteiger partial charge is 0.343 e. The van der Waals surface area contributed by atoms with Crippen molar-refractivity contribution >= 4 is 23.1 Å². The molecule has 1 fully saturated rings. The van der Waals surface area contributed by atoms with Gasteiger partial charge in [0.05, 0.1) is 35.2 Å². The predicted octanol–water partition coefficient (Wildman–Crippen LogP) is 1.66. The topological polar surface area (TPSA) is 100 Å². The number of likely N-dealkylation sites (N-methyl/N-ethyl adjacent to an activating group) is 1. The third-order valence-corrected chi connectivity index (χ3v) is 7.47. The second kappa shape index (κ2) is 8.00. The van der Waals surface area contributed by atoms with E-state index in [0.717, 1.165) is 48.2 Å². The standard InChI is InChI=1S/C26H27N5O4/c1-3-26(34)20-12-22-23-18(14-31(22)24(32)19(20)15-35-25(26)33)17(16-6-4-5-7-21(16)28-23)13-27-30-10-8-29(2)9-11-30/h4-7,12-13,34H,3,8-11,14-15H2,1-2H3/b27-13+/t26-/m0/s1. The van der Waals surface area contributed by atoms with E-state index >= 15 is 0 Å². The zero-order chi connectivity index (χ0) is 24.3. The molecule has 0 bridgehead atoms. The average Bonchev–Trinajstić information content (AvgIpc) is 3.24. The Labute approximate surface area is 202 Å². The number of piperazine rings is 1. The molecule has 3 aliphatic heterocycles. The molecule has 35 heavy (non-hydrogen) atoms. The van der Waals surface area contributed by atoms with Crippen LogP contribution in [0.5, 0.6) is 0 Å². The van der Waals surface area contributed by atoms with Gasteiger partial charge in [0.15, 0.2) is 5.60 Å². The Bertz CT molecular complexity index is 1450. The molecule has 9 heteroatoms. The first-order valence-corrected chi connectivity index (χ1v) is 12.0. The maximum Gasteiger partial charge on any atom is 0.343 e. The molecule has 0 saturated carbocycles. The van der Waals surface area contributed by atoms with Crippen LogP contribution in [-0.2, 0) is 28.3 Å². The number of cyclic esters (lactones) is 1. The third-order valence-electron chi connectivity index (χ3n) is 7.47. The first kappa shape index (κ1) is 21.9. The normalized spacial score (nSPS) is 21.8. The van der Waals surface area contributed by atoms with Crippen LogP contribution in [0.3, 0.4) is 0 Å². The van der Waals surface area contributed by atoms with Crippen molar-refractivity contribution in [1.29, 1.82) is 0 Å². The van der Waals surface area contributed by atoms with Gasteiger partial charge in [0, 0.05) is 48.3 Å². The Hall–Kier alpha value is -3.56. The number of carbonyl (C=O) groups is 1. The molecule has 0 radical (unpaired) electrons. The minimum atomic E-state index is -1.84. The zero-order valence-corrected chi connectivity index (χ0v) is 19.8. The highest BCUT2D eigenvalue weighted by Gasteiger charge is 2.45. The quantitative estimate of drug-likeness (QED) is 0.357. The van der Waals surface area contributed by atoms with Gasteiger partial charge in [-0.2, -0.15) is 5.10 Å². The summed E-state index contributed by atoms with van der Waals surface area (Å²) < 4.78 is 6.85. The van der Waals surface area contributed by atoms with Crippen LogP contribution in [0.2, 0.25) is 0 Å². The molecular formula is C26H27N5O4. The van der Waals surface area contributed by atoms with Gasteiger partial charge >= 0.3 is 5.97 Å². The fraction of sp³-hybridized carbons (Fsp3) is 0.385. The largest absolute Gasteiger partial charge is 0.458 e. The van der Waals surface area contributed by atoms with Crippen molar-refractivity contribution in [3.8, 4) is 11.4 Å². The number of fused-ring (bicyclic) bond motifs is 5. The fourth-order valence-electron chi connectivity index (χ4n) is 5.26. The Morgan fingerprint density at radius 3 is 2.71 bits per heavy atom. The van der Waals surface area contributed by atoms with Crippen LogP contribution in [0.4, 0.5) is 0 Å². The number of aromatic nitrogens is 2. The fourth-order valence-corrected chi connectivity index (χ4v) is 5.26. The maximum absolute atomic E-state index is 13.5. The highest BCUT2D eigenvalue weighted by Crippen LogP contribution is 2.39. The van der Waals surface area contributed by atoms with Gasteiger partial charge in [-0.15, -0.1) is 0 Å². The minimum Gasteiger partial charge on any atom is -0.458 e. The summed E-state index contributed by atoms with van der Waals surface area (Å²) in [7, 11) is 2.11. The molecule has 5 heterocycles. The van der Waals surface area contributed by atoms with E-state index in [1.54, 1.807) is 17.6 Å². The second-order valence-corrected chi connectivity index (χ2v) is 9.47. The molecule has 3 aliphatic rings. The Kier molecular flexibility index (Phi) is 5.01. The molecule has 0 aliphatic carbocycles. The minimum absolute atomic E-state index is 0.114. The summed E-state index contributed by atoms with van der Waals surface area (Å²) >= 11 is 0. The first-order chi connectivity index (χ1) is 16.9. The van der Waals surface area contributed by atoms with Crippen molar-refractivity contribution < 1.29 is 14.6 Å². The summed E-state index contributed by atoms with van der Waals surface area (Å²) in [5.74, 6) is -0.721. The number of carbonyl (C=O) groups excluding carboxylic acids is 1. The van der Waals surface area contributed by atoms with Gasteiger partial charge in [-0.05, 0) is 25.6 Å². The maximum atomic E-state index is 13.5. The lowest BCUT2D eigenvalue weighted by molar-refractivity contribution is -0.172. The number of aliphatic hydroxyl groups is 1. The van der Waals surface area contributed by atoms with E-state index in [9.17, 15) is 14.7 Å². The summed E-state index contributed by atoms with van der Waals surface area (Å²) in [5, 5.41) is 18.9. The lowest BCUT2D eigenvalue weighted by atomic mass is 9.86. The molecule has 0 amide bonds. The molecule has 1 atom stereocenters. The molecule has 9 nitrogen and oxygen atoms in total. The van der Waals surface area contributed by atoms with E-state index in [0.29, 0.717) is 29.1 Å². The summed E-state index contributed by atoms with van der Waals surface area (Å²) in [6.07, 6.45) is 2.00. The van der Waals surface area contributed by atoms with Gasteiger partial charge in [0.1, 0.15) is 6.61 Å². The predicted molar refractivity (Wildman–Crippen MR) is 131 cm³/mol. The van der Waals surface area contributed by atoms with Crippen molar-refractivity contribution in [2.24, 2.45) is 5.10 Å². The average molecular weight is 474 g/mol. The second-order valence-electron chi connectivity index (χ2n) is 9.47. The van der Waals surface area contributed by atoms with Gasteiger partial charge in [0.25, 0.3) is 5.56 Å². The zero-order valence-electron chi connectivity index (χ0n) is 19.8. The molecule has 1 saturated heterocycles. The molecule has 1 N–H and O–H groups in total. The molecule has 1 aromatic carbocycles. The van der Waals surface area contributed by atoms with Crippen molar-refractivity contribution in [2.75, 3.05) is 33.2 Å². The van der Waals surface area contributed by atoms with Crippen molar-refractivity contribution in [1.82, 2.24) is 19.5 Å². The number of rotatable bonds is 3. The Morgan fingerprint density at radius 2 is 1.94 bits per heavy atom. The van der Waals surface area contributed by atoms with Crippen molar-refractivity contribution in [3.05, 3.63) is 62.9 Å². The van der Waals surface area contributed by atoms with Gasteiger partial charge < -0.3 is 19.3 Å². The third kappa shape index (κ3) is 3.30. The lowest BCUT2D eigenvalue weighted by Gasteiger charge is -2.31. The van der Waals surface area contributed by atoms with Crippen molar-refractivity contribution in [2.45, 2.75) is 32.1 Å². The number of hydrazone groups is 1. The summed E-state index contributed by atoms with van der Waals surface area (Å²) in [6.45, 7) is 5.53. The number of pyridine rings is 2. The highest BCUT2D eigenvalue weighted by molar-refractivity contribution is 6.02. The van der Waals surface area contributed by atoms with Crippen molar-refractivity contribution in [3.63, 3.8) is 0 Å². The lowest BCUT2D eigenvalue weighted by Crippen LogP contribution is -2.44. The highest BCUT2D eigenvalue weighted by atomic mass is 16.6. The van der Waals surface area contributed by atoms with Gasteiger partial charge in [-0.25, -0.2) is 9.78 Å². The summed E-state index contributed by atoms with van der Waals surface area (Å²) in [5.41, 5.74) is 2.47. The van der Waals surface area contributed by atoms with E-state index in [4.69, 9.17) is 14.8 Å². The summed E-state index contributed by atoms with van der Waals surface area (Å²) in [6, 6.07) is 9.62. The van der Waals surface area contributed by atoms with Crippen LogP contribution in [0, 0.1) is 0 Å². The van der Waals surface area contributed by atoms with E-state index in [1.807, 2.05) is 30.5 Å². The van der Waals surface area contributed by atoms with Crippen LogP contribution < -0.4 is 5.56 Å². The number of nitrogens with zero attached hydrogens (tertiary/aromatic N) is 5. The van der Waals surface area contributed by atoms with E-state index in [-0.39, 0.29) is 18.6 Å². The van der Waals surface area contributed by atoms with Gasteiger partial charge in [0.2, 0.25) is 0 Å². The van der Waals surface area contributed by atoms with Gasteiger partial charge in [-0.3, -0.25) is 9.80 Å². The van der Waals surface area contributed by atoms with E-state index < -0.39 is 11.6 Å². The van der Waals surface area contributed by atoms with Crippen LogP contribution in [-0.4, -0.2) is 70.0 Å². The number of ether oxygens (including phenoxy) is 1. The number of esters is 1. The molecule has 6 rings (SSSR count). The van der Waals surface area contributed by atoms with Crippen LogP contribution in [0.25, 0.3) is 22.3 Å². The number of hydrogen-bond acceptors (Lipinski definition) is 8. The molecular weight excluding hydrogens is 446 g/mol. The Balaban J connectivity index is 1.53. The van der Waals surface area contributed by atoms with Crippen LogP contribution in [0.15, 0.2) is 40.2 Å².